The zero-order valence-corrected chi connectivity index (χ0v) is 36.8. The third-order valence-corrected chi connectivity index (χ3v) is 9.48. The van der Waals surface area contributed by atoms with Crippen LogP contribution < -0.4 is 0 Å². The van der Waals surface area contributed by atoms with Crippen LogP contribution in [0.15, 0.2) is 85.1 Å². The Labute approximate surface area is 350 Å². The largest absolute Gasteiger partial charge is 0.462 e. The summed E-state index contributed by atoms with van der Waals surface area (Å²) < 4.78 is 16.6. The first-order chi connectivity index (χ1) is 28.0. The predicted octanol–water partition coefficient (Wildman–Crippen LogP) is 14.9. The highest BCUT2D eigenvalue weighted by molar-refractivity contribution is 5.71. The number of carbonyl (C=O) groups is 3. The van der Waals surface area contributed by atoms with Crippen molar-refractivity contribution in [2.75, 3.05) is 13.2 Å². The average molecular weight is 793 g/mol. The van der Waals surface area contributed by atoms with Crippen molar-refractivity contribution in [1.82, 2.24) is 0 Å². The maximum Gasteiger partial charge on any atom is 0.306 e. The van der Waals surface area contributed by atoms with Gasteiger partial charge in [-0.2, -0.15) is 0 Å². The van der Waals surface area contributed by atoms with Gasteiger partial charge < -0.3 is 14.2 Å². The summed E-state index contributed by atoms with van der Waals surface area (Å²) in [6.45, 7) is 6.34. The summed E-state index contributed by atoms with van der Waals surface area (Å²) in [7, 11) is 0. The van der Waals surface area contributed by atoms with E-state index in [1.807, 2.05) is 54.7 Å². The number of hydrogen-bond donors (Lipinski definition) is 0. The molecule has 0 amide bonds. The van der Waals surface area contributed by atoms with Crippen LogP contribution in [0.2, 0.25) is 0 Å². The highest BCUT2D eigenvalue weighted by Crippen LogP contribution is 2.12. The lowest BCUT2D eigenvalue weighted by Gasteiger charge is -2.18. The van der Waals surface area contributed by atoms with Crippen LogP contribution in [0, 0.1) is 0 Å². The molecular formula is C51H84O6. The molecule has 0 spiro atoms. The summed E-state index contributed by atoms with van der Waals surface area (Å²) in [6, 6.07) is 0. The quantitative estimate of drug-likeness (QED) is 0.0202. The predicted molar refractivity (Wildman–Crippen MR) is 242 cm³/mol. The van der Waals surface area contributed by atoms with Gasteiger partial charge in [-0.1, -0.05) is 189 Å². The number of carbonyl (C=O) groups excluding carboxylic acids is 3. The Hall–Kier alpha value is -3.41. The Morgan fingerprint density at radius 2 is 0.737 bits per heavy atom. The molecule has 0 saturated heterocycles. The molecule has 0 aromatic rings. The monoisotopic (exact) mass is 793 g/mol. The lowest BCUT2D eigenvalue weighted by Crippen LogP contribution is -2.30. The molecule has 57 heavy (non-hydrogen) atoms. The molecule has 0 N–H and O–H groups in total. The van der Waals surface area contributed by atoms with Crippen LogP contribution in [0.3, 0.4) is 0 Å². The zero-order valence-electron chi connectivity index (χ0n) is 36.8. The van der Waals surface area contributed by atoms with Crippen molar-refractivity contribution in [1.29, 1.82) is 0 Å². The molecule has 0 heterocycles. The summed E-state index contributed by atoms with van der Waals surface area (Å²) in [5, 5.41) is 0. The second-order valence-corrected chi connectivity index (χ2v) is 15.0. The molecule has 0 fully saturated rings. The lowest BCUT2D eigenvalue weighted by molar-refractivity contribution is -0.167. The minimum Gasteiger partial charge on any atom is -0.462 e. The van der Waals surface area contributed by atoms with Crippen LogP contribution in [0.25, 0.3) is 0 Å². The van der Waals surface area contributed by atoms with Crippen molar-refractivity contribution in [3.8, 4) is 0 Å². The van der Waals surface area contributed by atoms with Crippen molar-refractivity contribution in [3.63, 3.8) is 0 Å². The average Bonchev–Trinajstić information content (AvgIpc) is 3.21. The zero-order chi connectivity index (χ0) is 41.5. The van der Waals surface area contributed by atoms with Gasteiger partial charge in [-0.25, -0.2) is 0 Å². The van der Waals surface area contributed by atoms with Crippen molar-refractivity contribution >= 4 is 17.9 Å². The van der Waals surface area contributed by atoms with Crippen LogP contribution in [0.4, 0.5) is 0 Å². The van der Waals surface area contributed by atoms with E-state index in [1.54, 1.807) is 0 Å². The molecule has 0 radical (unpaired) electrons. The van der Waals surface area contributed by atoms with Gasteiger partial charge in [0.25, 0.3) is 0 Å². The molecule has 0 bridgehead atoms. The summed E-state index contributed by atoms with van der Waals surface area (Å²) in [5.74, 6) is -1.02. The van der Waals surface area contributed by atoms with Gasteiger partial charge >= 0.3 is 17.9 Å². The van der Waals surface area contributed by atoms with Crippen molar-refractivity contribution in [3.05, 3.63) is 85.1 Å². The summed E-state index contributed by atoms with van der Waals surface area (Å²) >= 11 is 0. The number of ether oxygens (including phenoxy) is 3. The molecule has 1 atom stereocenters. The first-order valence-corrected chi connectivity index (χ1v) is 23.2. The van der Waals surface area contributed by atoms with E-state index in [0.29, 0.717) is 19.3 Å². The van der Waals surface area contributed by atoms with E-state index in [9.17, 15) is 14.4 Å². The molecule has 6 nitrogen and oxygen atoms in total. The molecule has 1 unspecified atom stereocenters. The fourth-order valence-electron chi connectivity index (χ4n) is 5.98. The van der Waals surface area contributed by atoms with Gasteiger partial charge in [-0.3, -0.25) is 14.4 Å². The second kappa shape index (κ2) is 45.3. The highest BCUT2D eigenvalue weighted by Gasteiger charge is 2.19. The Balaban J connectivity index is 4.49. The van der Waals surface area contributed by atoms with Crippen LogP contribution in [0.1, 0.15) is 201 Å². The Bertz CT molecular complexity index is 1140. The summed E-state index contributed by atoms with van der Waals surface area (Å²) in [6.07, 6.45) is 57.2. The summed E-state index contributed by atoms with van der Waals surface area (Å²) in [5.41, 5.74) is 0. The lowest BCUT2D eigenvalue weighted by atomic mass is 10.1. The highest BCUT2D eigenvalue weighted by atomic mass is 16.6. The maximum absolute atomic E-state index is 12.7. The number of esters is 3. The minimum absolute atomic E-state index is 0.114. The van der Waals surface area contributed by atoms with Crippen molar-refractivity contribution in [2.45, 2.75) is 207 Å². The van der Waals surface area contributed by atoms with Crippen LogP contribution in [0.5, 0.6) is 0 Å². The van der Waals surface area contributed by atoms with Gasteiger partial charge in [0.2, 0.25) is 0 Å². The Morgan fingerprint density at radius 1 is 0.368 bits per heavy atom. The first kappa shape index (κ1) is 53.6. The smallest absolute Gasteiger partial charge is 0.306 e. The van der Waals surface area contributed by atoms with E-state index in [2.05, 4.69) is 51.2 Å². The van der Waals surface area contributed by atoms with Crippen molar-refractivity contribution in [2.24, 2.45) is 0 Å². The van der Waals surface area contributed by atoms with Crippen LogP contribution in [-0.2, 0) is 28.6 Å². The fraction of sp³-hybridized carbons (Fsp3) is 0.667. The first-order valence-electron chi connectivity index (χ1n) is 23.2. The molecule has 0 aromatic heterocycles. The standard InChI is InChI=1S/C51H84O6/c1-4-7-10-13-16-19-22-24-25-26-28-29-32-35-38-41-44-50(53)56-47-48(46-55-49(52)43-40-37-34-31-21-18-15-12-9-6-3)57-51(54)45-42-39-36-33-30-27-23-20-17-14-11-8-5-2/h8,11,14-15,17-18,20,23,25-27,30,33,36,48H,4-7,9-10,12-13,16,19,21-22,24,28-29,31-32,34-35,37-47H2,1-3H3/b11-8-,17-14-,18-15-,23-20-,26-25-,30-27-,36-33-. The van der Waals surface area contributed by atoms with Gasteiger partial charge in [0.15, 0.2) is 6.10 Å². The molecular weight excluding hydrogens is 709 g/mol. The van der Waals surface area contributed by atoms with Crippen molar-refractivity contribution < 1.29 is 28.6 Å². The van der Waals surface area contributed by atoms with Crippen LogP contribution in [-0.4, -0.2) is 37.2 Å². The van der Waals surface area contributed by atoms with E-state index >= 15 is 0 Å². The van der Waals surface area contributed by atoms with E-state index in [1.165, 1.54) is 70.6 Å². The fourth-order valence-corrected chi connectivity index (χ4v) is 5.98. The summed E-state index contributed by atoms with van der Waals surface area (Å²) in [4.78, 5) is 37.7. The molecule has 324 valence electrons. The van der Waals surface area contributed by atoms with E-state index in [4.69, 9.17) is 14.2 Å². The number of rotatable bonds is 40. The van der Waals surface area contributed by atoms with Gasteiger partial charge in [0.05, 0.1) is 0 Å². The molecule has 0 aliphatic heterocycles. The molecule has 0 saturated carbocycles. The van der Waals surface area contributed by atoms with Gasteiger partial charge in [-0.15, -0.1) is 0 Å². The number of allylic oxidation sites excluding steroid dienone is 14. The Morgan fingerprint density at radius 3 is 1.21 bits per heavy atom. The van der Waals surface area contributed by atoms with E-state index in [-0.39, 0.29) is 37.5 Å². The van der Waals surface area contributed by atoms with Gasteiger partial charge in [-0.05, 0) is 77.0 Å². The molecule has 0 aliphatic carbocycles. The third kappa shape index (κ3) is 43.6. The molecule has 0 aliphatic rings. The Kier molecular flexibility index (Phi) is 42.6. The van der Waals surface area contributed by atoms with E-state index < -0.39 is 6.10 Å². The van der Waals surface area contributed by atoms with Gasteiger partial charge in [0, 0.05) is 19.3 Å². The normalized spacial score (nSPS) is 12.8. The second-order valence-electron chi connectivity index (χ2n) is 15.0. The maximum atomic E-state index is 12.7. The number of unbranched alkanes of at least 4 members (excludes halogenated alkanes) is 19. The van der Waals surface area contributed by atoms with E-state index in [0.717, 1.165) is 83.5 Å². The third-order valence-electron chi connectivity index (χ3n) is 9.48. The molecule has 0 rings (SSSR count). The van der Waals surface area contributed by atoms with Crippen LogP contribution >= 0.6 is 0 Å². The van der Waals surface area contributed by atoms with Gasteiger partial charge in [0.1, 0.15) is 13.2 Å². The minimum atomic E-state index is -0.819. The topological polar surface area (TPSA) is 78.9 Å². The molecule has 0 aromatic carbocycles. The SMILES string of the molecule is CC\C=C/C=C\C=C/C=C\C=C/CCCC(=O)OC(COC(=O)CCCCCC/C=C\CCCC)COC(=O)CCCCCCC/C=C\CCCCCCCCC. The molecule has 6 heteroatoms. The number of hydrogen-bond acceptors (Lipinski definition) is 6.